The maximum atomic E-state index is 12.1. The number of hydrogen-bond acceptors (Lipinski definition) is 4. The third-order valence-corrected chi connectivity index (χ3v) is 4.64. The number of carbonyl (C=O) groups is 1. The molecule has 0 aliphatic carbocycles. The Kier molecular flexibility index (Phi) is 4.65. The fourth-order valence-corrected chi connectivity index (χ4v) is 3.42. The monoisotopic (exact) mass is 347 g/mol. The summed E-state index contributed by atoms with van der Waals surface area (Å²) in [6.45, 7) is 9.32. The molecule has 0 aliphatic heterocycles. The Hall–Kier alpha value is -3.35. The van der Waals surface area contributed by atoms with E-state index in [1.165, 1.54) is 17.5 Å². The van der Waals surface area contributed by atoms with Crippen molar-refractivity contribution in [2.75, 3.05) is 6.61 Å². The van der Waals surface area contributed by atoms with Crippen LogP contribution >= 0.6 is 11.3 Å². The van der Waals surface area contributed by atoms with Gasteiger partial charge in [0.05, 0.1) is 23.6 Å². The zero-order valence-electron chi connectivity index (χ0n) is 13.4. The lowest BCUT2D eigenvalue weighted by atomic mass is 10.0. The van der Waals surface area contributed by atoms with Gasteiger partial charge in [-0.3, -0.25) is 0 Å². The van der Waals surface area contributed by atoms with Crippen molar-refractivity contribution in [1.29, 1.82) is 5.26 Å². The summed E-state index contributed by atoms with van der Waals surface area (Å²) in [6, 6.07) is 11.4. The quantitative estimate of drug-likeness (QED) is 0.533. The average molecular weight is 347 g/mol. The summed E-state index contributed by atoms with van der Waals surface area (Å²) in [5, 5.41) is 11.0. The number of nitrogens with one attached hydrogen (secondary N) is 1. The minimum absolute atomic E-state index is 0.263. The lowest BCUT2D eigenvalue weighted by Gasteiger charge is -2.07. The first kappa shape index (κ1) is 16.5. The molecule has 0 radical (unpaired) electrons. The molecule has 3 aromatic rings. The van der Waals surface area contributed by atoms with Crippen molar-refractivity contribution < 1.29 is 9.53 Å². The van der Waals surface area contributed by atoms with Crippen LogP contribution in [0.25, 0.3) is 26.4 Å². The van der Waals surface area contributed by atoms with Crippen molar-refractivity contribution >= 4 is 23.0 Å². The number of aromatic amines is 1. The van der Waals surface area contributed by atoms with Gasteiger partial charge in [-0.25, -0.2) is 9.64 Å². The van der Waals surface area contributed by atoms with Gasteiger partial charge in [0.2, 0.25) is 5.69 Å². The second kappa shape index (κ2) is 7.04. The molecule has 0 spiro atoms. The Bertz CT molecular complexity index is 1000. The predicted molar refractivity (Wildman–Crippen MR) is 96.5 cm³/mol. The van der Waals surface area contributed by atoms with Gasteiger partial charge in [-0.2, -0.15) is 5.26 Å². The minimum atomic E-state index is -0.485. The second-order valence-corrected chi connectivity index (χ2v) is 6.02. The summed E-state index contributed by atoms with van der Waals surface area (Å²) < 4.78 is 5.05. The molecule has 0 bridgehead atoms. The number of aromatic nitrogens is 1. The molecule has 0 unspecified atom stereocenters. The zero-order chi connectivity index (χ0) is 17.8. The van der Waals surface area contributed by atoms with Gasteiger partial charge in [0, 0.05) is 11.8 Å². The Balaban J connectivity index is 2.04. The molecule has 0 amide bonds. The van der Waals surface area contributed by atoms with Gasteiger partial charge in [0.25, 0.3) is 0 Å². The summed E-state index contributed by atoms with van der Waals surface area (Å²) in [6.07, 6.45) is 1.51. The molecule has 1 N–H and O–H groups in total. The van der Waals surface area contributed by atoms with Crippen LogP contribution in [0, 0.1) is 17.9 Å². The molecular weight excluding hydrogens is 334 g/mol. The van der Waals surface area contributed by atoms with Crippen LogP contribution in [0.1, 0.15) is 23.0 Å². The van der Waals surface area contributed by atoms with Crippen molar-refractivity contribution in [2.24, 2.45) is 0 Å². The summed E-state index contributed by atoms with van der Waals surface area (Å²) in [5.41, 5.74) is 3.47. The highest BCUT2D eigenvalue weighted by atomic mass is 32.1. The molecule has 122 valence electrons. The Labute approximate surface area is 148 Å². The molecule has 0 saturated carbocycles. The van der Waals surface area contributed by atoms with E-state index >= 15 is 0 Å². The first-order valence-corrected chi connectivity index (χ1v) is 8.42. The van der Waals surface area contributed by atoms with Gasteiger partial charge in [0.15, 0.2) is 0 Å². The van der Waals surface area contributed by atoms with Crippen LogP contribution in [-0.2, 0) is 4.74 Å². The Morgan fingerprint density at radius 3 is 2.68 bits per heavy atom. The summed E-state index contributed by atoms with van der Waals surface area (Å²) in [4.78, 5) is 19.3. The van der Waals surface area contributed by atoms with E-state index < -0.39 is 5.97 Å². The Morgan fingerprint density at radius 1 is 1.32 bits per heavy atom. The number of carbonyl (C=O) groups excluding carboxylic acids is 1. The van der Waals surface area contributed by atoms with E-state index in [1.807, 2.05) is 29.6 Å². The van der Waals surface area contributed by atoms with Crippen molar-refractivity contribution in [3.8, 4) is 27.6 Å². The number of esters is 1. The van der Waals surface area contributed by atoms with Crippen LogP contribution in [0.4, 0.5) is 5.69 Å². The van der Waals surface area contributed by atoms with Gasteiger partial charge in [0.1, 0.15) is 11.8 Å². The number of nitriles is 1. The van der Waals surface area contributed by atoms with Gasteiger partial charge < -0.3 is 9.72 Å². The van der Waals surface area contributed by atoms with E-state index in [0.29, 0.717) is 16.8 Å². The topological polar surface area (TPSA) is 70.2 Å². The standard InChI is InChI=1S/C19H13N3O2S/c1-3-24-19(23)17-16(15(21-2)11-22-17)12-4-6-13(7-5-12)18-14(10-20)8-9-25-18/h4-9,11,22H,3H2,1H3. The van der Waals surface area contributed by atoms with Gasteiger partial charge >= 0.3 is 5.97 Å². The first-order chi connectivity index (χ1) is 12.2. The molecular formula is C19H13N3O2S. The molecule has 2 heterocycles. The van der Waals surface area contributed by atoms with Crippen LogP contribution in [0.5, 0.6) is 0 Å². The molecule has 2 aromatic heterocycles. The maximum absolute atomic E-state index is 12.1. The number of benzene rings is 1. The van der Waals surface area contributed by atoms with Gasteiger partial charge in [-0.05, 0) is 29.5 Å². The number of nitrogens with zero attached hydrogens (tertiary/aromatic N) is 2. The van der Waals surface area contributed by atoms with E-state index in [0.717, 1.165) is 16.0 Å². The number of ether oxygens (including phenoxy) is 1. The number of rotatable bonds is 4. The van der Waals surface area contributed by atoms with Crippen LogP contribution in [0.3, 0.4) is 0 Å². The number of H-pyrrole nitrogens is 1. The highest BCUT2D eigenvalue weighted by Gasteiger charge is 2.20. The molecule has 0 saturated heterocycles. The van der Waals surface area contributed by atoms with Crippen molar-refractivity contribution in [3.05, 3.63) is 64.6 Å². The average Bonchev–Trinajstić information content (AvgIpc) is 3.28. The summed E-state index contributed by atoms with van der Waals surface area (Å²) >= 11 is 1.50. The number of thiophene rings is 1. The van der Waals surface area contributed by atoms with E-state index in [-0.39, 0.29) is 12.3 Å². The van der Waals surface area contributed by atoms with E-state index in [1.54, 1.807) is 13.0 Å². The van der Waals surface area contributed by atoms with Gasteiger partial charge in [-0.15, -0.1) is 11.3 Å². The van der Waals surface area contributed by atoms with E-state index in [9.17, 15) is 4.79 Å². The highest BCUT2D eigenvalue weighted by Crippen LogP contribution is 2.36. The minimum Gasteiger partial charge on any atom is -0.461 e. The lowest BCUT2D eigenvalue weighted by molar-refractivity contribution is 0.0521. The van der Waals surface area contributed by atoms with E-state index in [2.05, 4.69) is 15.9 Å². The fourth-order valence-electron chi connectivity index (χ4n) is 2.57. The fraction of sp³-hybridized carbons (Fsp3) is 0.105. The van der Waals surface area contributed by atoms with Crippen LogP contribution < -0.4 is 0 Å². The zero-order valence-corrected chi connectivity index (χ0v) is 14.2. The number of hydrogen-bond donors (Lipinski definition) is 1. The largest absolute Gasteiger partial charge is 0.461 e. The summed E-state index contributed by atoms with van der Waals surface area (Å²) in [7, 11) is 0. The lowest BCUT2D eigenvalue weighted by Crippen LogP contribution is -2.06. The predicted octanol–water partition coefficient (Wildman–Crippen LogP) is 5.01. The van der Waals surface area contributed by atoms with Crippen molar-refractivity contribution in [3.63, 3.8) is 0 Å². The normalized spacial score (nSPS) is 10.0. The van der Waals surface area contributed by atoms with Crippen molar-refractivity contribution in [1.82, 2.24) is 4.98 Å². The highest BCUT2D eigenvalue weighted by molar-refractivity contribution is 7.13. The maximum Gasteiger partial charge on any atom is 0.353 e. The molecule has 1 aromatic carbocycles. The van der Waals surface area contributed by atoms with Gasteiger partial charge in [-0.1, -0.05) is 24.3 Å². The molecule has 0 aliphatic rings. The van der Waals surface area contributed by atoms with Crippen LogP contribution in [0.2, 0.25) is 0 Å². The SMILES string of the molecule is [C-]#[N+]c1c[nH]c(C(=O)OCC)c1-c1ccc(-c2sccc2C#N)cc1. The molecule has 3 rings (SSSR count). The van der Waals surface area contributed by atoms with Crippen LogP contribution in [0.15, 0.2) is 41.9 Å². The van der Waals surface area contributed by atoms with E-state index in [4.69, 9.17) is 16.6 Å². The van der Waals surface area contributed by atoms with Crippen molar-refractivity contribution in [2.45, 2.75) is 6.92 Å². The Morgan fingerprint density at radius 2 is 2.04 bits per heavy atom. The third-order valence-electron chi connectivity index (χ3n) is 3.68. The summed E-state index contributed by atoms with van der Waals surface area (Å²) in [5.74, 6) is -0.485. The molecule has 6 heteroatoms. The molecule has 0 atom stereocenters. The van der Waals surface area contributed by atoms with Crippen LogP contribution in [-0.4, -0.2) is 17.6 Å². The molecule has 25 heavy (non-hydrogen) atoms. The first-order valence-electron chi connectivity index (χ1n) is 7.54. The molecule has 0 fully saturated rings. The molecule has 5 nitrogen and oxygen atoms in total. The second-order valence-electron chi connectivity index (χ2n) is 5.11. The third kappa shape index (κ3) is 3.03. The smallest absolute Gasteiger partial charge is 0.353 e.